The van der Waals surface area contributed by atoms with E-state index in [9.17, 15) is 8.42 Å². The Kier molecular flexibility index (Phi) is 5.96. The average Bonchev–Trinajstić information content (AvgIpc) is 3.29. The summed E-state index contributed by atoms with van der Waals surface area (Å²) in [5, 5.41) is 12.1. The van der Waals surface area contributed by atoms with Gasteiger partial charge >= 0.3 is 0 Å². The molecule has 0 radical (unpaired) electrons. The number of anilines is 1. The minimum Gasteiger partial charge on any atom is -0.497 e. The summed E-state index contributed by atoms with van der Waals surface area (Å²) in [4.78, 5) is 4.58. The number of aromatic nitrogens is 4. The lowest BCUT2D eigenvalue weighted by molar-refractivity contribution is 0.270. The highest BCUT2D eigenvalue weighted by atomic mass is 32.2. The van der Waals surface area contributed by atoms with Crippen molar-refractivity contribution in [2.24, 2.45) is 0 Å². The van der Waals surface area contributed by atoms with E-state index in [0.29, 0.717) is 23.1 Å². The second kappa shape index (κ2) is 8.80. The van der Waals surface area contributed by atoms with Crippen molar-refractivity contribution in [2.75, 3.05) is 50.5 Å². The van der Waals surface area contributed by atoms with Gasteiger partial charge in [-0.2, -0.15) is 4.68 Å². The molecule has 30 heavy (non-hydrogen) atoms. The number of nitrogens with zero attached hydrogens (tertiary/aromatic N) is 6. The van der Waals surface area contributed by atoms with Crippen LogP contribution in [0.25, 0.3) is 5.69 Å². The van der Waals surface area contributed by atoms with Crippen LogP contribution in [0.3, 0.4) is 0 Å². The maximum Gasteiger partial charge on any atom is 0.250 e. The highest BCUT2D eigenvalue weighted by molar-refractivity contribution is 7.91. The highest BCUT2D eigenvalue weighted by Crippen LogP contribution is 2.20. The number of piperazine rings is 1. The fourth-order valence-corrected chi connectivity index (χ4v) is 4.76. The first-order valence-electron chi connectivity index (χ1n) is 9.75. The molecule has 0 atom stereocenters. The van der Waals surface area contributed by atoms with Gasteiger partial charge in [-0.25, -0.2) is 8.42 Å². The van der Waals surface area contributed by atoms with Crippen molar-refractivity contribution in [1.29, 1.82) is 0 Å². The second-order valence-corrected chi connectivity index (χ2v) is 9.16. The summed E-state index contributed by atoms with van der Waals surface area (Å²) in [5.41, 5.74) is 0.907. The van der Waals surface area contributed by atoms with Crippen LogP contribution in [0.5, 0.6) is 5.75 Å². The lowest BCUT2D eigenvalue weighted by Gasteiger charge is -2.34. The topological polar surface area (TPSA) is 93.5 Å². The van der Waals surface area contributed by atoms with Crippen LogP contribution in [0.4, 0.5) is 5.95 Å². The summed E-state index contributed by atoms with van der Waals surface area (Å²) in [7, 11) is -1.84. The van der Waals surface area contributed by atoms with Crippen LogP contribution in [-0.4, -0.2) is 79.1 Å². The highest BCUT2D eigenvalue weighted by Gasteiger charge is 2.24. The number of rotatable bonds is 7. The fraction of sp³-hybridized carbons (Fsp3) is 0.350. The molecule has 1 fully saturated rings. The molecule has 1 aromatic heterocycles. The van der Waals surface area contributed by atoms with Gasteiger partial charge in [-0.05, 0) is 40.8 Å². The molecule has 0 bridgehead atoms. The number of sulfone groups is 1. The summed E-state index contributed by atoms with van der Waals surface area (Å²) in [5.74, 6) is 1.31. The molecule has 0 aliphatic carbocycles. The van der Waals surface area contributed by atoms with Crippen molar-refractivity contribution in [3.05, 3.63) is 54.6 Å². The van der Waals surface area contributed by atoms with E-state index in [1.165, 1.54) is 7.11 Å². The second-order valence-electron chi connectivity index (χ2n) is 7.05. The number of benzene rings is 2. The fourth-order valence-electron chi connectivity index (χ4n) is 3.45. The van der Waals surface area contributed by atoms with Crippen molar-refractivity contribution in [3.8, 4) is 11.4 Å². The van der Waals surface area contributed by atoms with Crippen LogP contribution < -0.4 is 9.64 Å². The van der Waals surface area contributed by atoms with Crippen molar-refractivity contribution in [3.63, 3.8) is 0 Å². The van der Waals surface area contributed by atoms with Gasteiger partial charge in [0.2, 0.25) is 5.95 Å². The Labute approximate surface area is 175 Å². The minimum atomic E-state index is -3.36. The Balaban J connectivity index is 1.35. The quantitative estimate of drug-likeness (QED) is 0.555. The Hall–Kier alpha value is -2.98. The third kappa shape index (κ3) is 4.44. The number of hydrogen-bond acceptors (Lipinski definition) is 8. The van der Waals surface area contributed by atoms with Crippen LogP contribution in [0.1, 0.15) is 0 Å². The standard InChI is InChI=1S/C20H24N6O3S/c1-29-18-8-5-9-19(16-18)30(27,28)15-14-24-10-12-25(13-11-24)20-21-22-23-26(20)17-6-3-2-4-7-17/h2-9,16H,10-15H2,1H3. The number of hydrogen-bond donors (Lipinski definition) is 0. The molecule has 0 spiro atoms. The van der Waals surface area contributed by atoms with Crippen LogP contribution in [-0.2, 0) is 9.84 Å². The van der Waals surface area contributed by atoms with E-state index in [0.717, 1.165) is 31.9 Å². The van der Waals surface area contributed by atoms with E-state index in [4.69, 9.17) is 4.74 Å². The maximum atomic E-state index is 12.7. The molecule has 1 aliphatic heterocycles. The Bertz CT molecular complexity index is 1080. The number of ether oxygens (including phenoxy) is 1. The number of methoxy groups -OCH3 is 1. The lowest BCUT2D eigenvalue weighted by atomic mass is 10.3. The molecule has 3 aromatic rings. The van der Waals surface area contributed by atoms with Crippen LogP contribution in [0, 0.1) is 0 Å². The average molecular weight is 429 g/mol. The van der Waals surface area contributed by atoms with Crippen LogP contribution in [0.15, 0.2) is 59.5 Å². The molecule has 2 aromatic carbocycles. The number of para-hydroxylation sites is 1. The first kappa shape index (κ1) is 20.3. The molecule has 10 heteroatoms. The van der Waals surface area contributed by atoms with Gasteiger partial charge in [0.1, 0.15) is 5.75 Å². The first-order valence-corrected chi connectivity index (χ1v) is 11.4. The van der Waals surface area contributed by atoms with E-state index in [-0.39, 0.29) is 5.75 Å². The summed E-state index contributed by atoms with van der Waals surface area (Å²) < 4.78 is 32.2. The Morgan fingerprint density at radius 1 is 1.00 bits per heavy atom. The van der Waals surface area contributed by atoms with E-state index < -0.39 is 9.84 Å². The van der Waals surface area contributed by atoms with Crippen LogP contribution in [0.2, 0.25) is 0 Å². The molecule has 0 saturated carbocycles. The zero-order valence-electron chi connectivity index (χ0n) is 16.8. The van der Waals surface area contributed by atoms with Crippen molar-refractivity contribution >= 4 is 15.8 Å². The van der Waals surface area contributed by atoms with Gasteiger partial charge in [0, 0.05) is 32.7 Å². The molecule has 158 valence electrons. The Morgan fingerprint density at radius 2 is 1.77 bits per heavy atom. The summed E-state index contributed by atoms with van der Waals surface area (Å²) in [6, 6.07) is 16.4. The smallest absolute Gasteiger partial charge is 0.250 e. The third-order valence-corrected chi connectivity index (χ3v) is 6.88. The number of tetrazole rings is 1. The molecule has 4 rings (SSSR count). The molecule has 0 amide bonds. The minimum absolute atomic E-state index is 0.0714. The molecule has 0 unspecified atom stereocenters. The van der Waals surface area contributed by atoms with E-state index in [1.54, 1.807) is 28.9 Å². The Morgan fingerprint density at radius 3 is 2.50 bits per heavy atom. The van der Waals surface area contributed by atoms with Crippen molar-refractivity contribution in [1.82, 2.24) is 25.1 Å². The van der Waals surface area contributed by atoms with E-state index in [2.05, 4.69) is 25.3 Å². The molecule has 1 saturated heterocycles. The maximum absolute atomic E-state index is 12.7. The van der Waals surface area contributed by atoms with Gasteiger partial charge < -0.3 is 9.64 Å². The van der Waals surface area contributed by atoms with Gasteiger partial charge in [-0.3, -0.25) is 4.90 Å². The molecule has 9 nitrogen and oxygen atoms in total. The van der Waals surface area contributed by atoms with Crippen molar-refractivity contribution < 1.29 is 13.2 Å². The lowest BCUT2D eigenvalue weighted by Crippen LogP contribution is -2.48. The molecular formula is C20H24N6O3S. The normalized spacial score (nSPS) is 15.3. The molecular weight excluding hydrogens is 404 g/mol. The predicted molar refractivity (Wildman–Crippen MR) is 113 cm³/mol. The summed E-state index contributed by atoms with van der Waals surface area (Å²) >= 11 is 0. The van der Waals surface area contributed by atoms with Crippen molar-refractivity contribution in [2.45, 2.75) is 4.90 Å². The molecule has 2 heterocycles. The largest absolute Gasteiger partial charge is 0.497 e. The predicted octanol–water partition coefficient (Wildman–Crippen LogP) is 1.27. The summed E-state index contributed by atoms with van der Waals surface area (Å²) in [6.07, 6.45) is 0. The van der Waals surface area contributed by atoms with Gasteiger partial charge in [-0.1, -0.05) is 29.4 Å². The van der Waals surface area contributed by atoms with E-state index in [1.807, 2.05) is 30.3 Å². The van der Waals surface area contributed by atoms with Gasteiger partial charge in [0.25, 0.3) is 0 Å². The third-order valence-electron chi connectivity index (χ3n) is 5.19. The summed E-state index contributed by atoms with van der Waals surface area (Å²) in [6.45, 7) is 3.43. The zero-order valence-corrected chi connectivity index (χ0v) is 17.6. The SMILES string of the molecule is COc1cccc(S(=O)(=O)CCN2CCN(c3nnnn3-c3ccccc3)CC2)c1. The monoisotopic (exact) mass is 428 g/mol. The zero-order chi connectivity index (χ0) is 21.0. The molecule has 1 aliphatic rings. The van der Waals surface area contributed by atoms with Crippen LogP contribution >= 0.6 is 0 Å². The first-order chi connectivity index (χ1) is 14.6. The van der Waals surface area contributed by atoms with Gasteiger partial charge in [0.15, 0.2) is 9.84 Å². The van der Waals surface area contributed by atoms with Gasteiger partial charge in [0.05, 0.1) is 23.4 Å². The van der Waals surface area contributed by atoms with Gasteiger partial charge in [-0.15, -0.1) is 0 Å². The molecule has 0 N–H and O–H groups in total. The van der Waals surface area contributed by atoms with E-state index >= 15 is 0 Å².